The van der Waals surface area contributed by atoms with Crippen LogP contribution in [0.15, 0.2) is 91.0 Å². The summed E-state index contributed by atoms with van der Waals surface area (Å²) in [6, 6.07) is 26.9. The summed E-state index contributed by atoms with van der Waals surface area (Å²) in [4.78, 5) is 10.3. The van der Waals surface area contributed by atoms with E-state index in [1.807, 2.05) is 54.6 Å². The molecule has 0 amide bonds. The predicted molar refractivity (Wildman–Crippen MR) is 134 cm³/mol. The van der Waals surface area contributed by atoms with Crippen LogP contribution in [0.5, 0.6) is 17.2 Å². The van der Waals surface area contributed by atoms with Crippen molar-refractivity contribution < 1.29 is 14.4 Å². The van der Waals surface area contributed by atoms with Gasteiger partial charge in [0.2, 0.25) is 0 Å². The molecule has 0 aliphatic rings. The van der Waals surface area contributed by atoms with Crippen LogP contribution >= 0.6 is 23.2 Å². The van der Waals surface area contributed by atoms with Gasteiger partial charge in [0, 0.05) is 24.4 Å². The second-order valence-corrected chi connectivity index (χ2v) is 8.21. The maximum atomic E-state index is 10.8. The minimum absolute atomic E-state index is 0.0232. The molecular formula is C26H20Cl2N2O4. The van der Waals surface area contributed by atoms with Gasteiger partial charge in [0.15, 0.2) is 5.75 Å². The summed E-state index contributed by atoms with van der Waals surface area (Å²) in [5, 5.41) is 14.9. The molecule has 0 fully saturated rings. The Balaban J connectivity index is 1.34. The molecule has 0 aliphatic heterocycles. The molecule has 0 aromatic heterocycles. The quantitative estimate of drug-likeness (QED) is 0.189. The smallest absolute Gasteiger partial charge is 0.269 e. The molecule has 8 heteroatoms. The van der Waals surface area contributed by atoms with Crippen molar-refractivity contribution in [1.29, 1.82) is 0 Å². The number of halogens is 2. The number of nitrogens with one attached hydrogen (secondary N) is 1. The van der Waals surface area contributed by atoms with Crippen LogP contribution in [0.1, 0.15) is 11.1 Å². The monoisotopic (exact) mass is 494 g/mol. The van der Waals surface area contributed by atoms with Crippen molar-refractivity contribution in [3.63, 3.8) is 0 Å². The van der Waals surface area contributed by atoms with Crippen LogP contribution in [-0.2, 0) is 13.2 Å². The number of nitro groups is 1. The first-order chi connectivity index (χ1) is 16.5. The minimum atomic E-state index is -0.446. The molecule has 1 N–H and O–H groups in total. The number of hydrogen-bond donors (Lipinski definition) is 1. The van der Waals surface area contributed by atoms with Gasteiger partial charge in [0.25, 0.3) is 5.69 Å². The SMILES string of the molecule is O=[N+]([O-])c1ccc(COc2c(Cl)cc(CNc3ccc(Oc4ccccc4)cc3)cc2Cl)cc1. The highest BCUT2D eigenvalue weighted by atomic mass is 35.5. The summed E-state index contributed by atoms with van der Waals surface area (Å²) in [5.41, 5.74) is 2.60. The van der Waals surface area contributed by atoms with Gasteiger partial charge in [0.1, 0.15) is 18.1 Å². The third-order valence-electron chi connectivity index (χ3n) is 4.92. The molecule has 0 spiro atoms. The van der Waals surface area contributed by atoms with Gasteiger partial charge in [-0.15, -0.1) is 0 Å². The van der Waals surface area contributed by atoms with Gasteiger partial charge in [-0.25, -0.2) is 0 Å². The molecule has 0 saturated carbocycles. The Hall–Kier alpha value is -3.74. The van der Waals surface area contributed by atoms with Crippen molar-refractivity contribution in [3.8, 4) is 17.2 Å². The fourth-order valence-electron chi connectivity index (χ4n) is 3.19. The summed E-state index contributed by atoms with van der Waals surface area (Å²) >= 11 is 12.8. The van der Waals surface area contributed by atoms with Gasteiger partial charge in [-0.3, -0.25) is 10.1 Å². The number of para-hydroxylation sites is 1. The summed E-state index contributed by atoms with van der Waals surface area (Å²) in [5.74, 6) is 1.90. The Morgan fingerprint density at radius 2 is 1.41 bits per heavy atom. The Morgan fingerprint density at radius 3 is 2.03 bits per heavy atom. The molecule has 4 aromatic carbocycles. The Labute approximate surface area is 206 Å². The molecule has 0 bridgehead atoms. The van der Waals surface area contributed by atoms with Crippen molar-refractivity contribution in [3.05, 3.63) is 122 Å². The maximum Gasteiger partial charge on any atom is 0.269 e. The third kappa shape index (κ3) is 6.19. The molecule has 0 radical (unpaired) electrons. The topological polar surface area (TPSA) is 73.6 Å². The van der Waals surface area contributed by atoms with Gasteiger partial charge in [0.05, 0.1) is 15.0 Å². The number of nitrogens with zero attached hydrogens (tertiary/aromatic N) is 1. The van der Waals surface area contributed by atoms with Crippen LogP contribution in [-0.4, -0.2) is 4.92 Å². The zero-order chi connectivity index (χ0) is 23.9. The van der Waals surface area contributed by atoms with Crippen molar-refractivity contribution in [2.75, 3.05) is 5.32 Å². The molecule has 0 aliphatic carbocycles. The normalized spacial score (nSPS) is 10.5. The molecule has 4 rings (SSSR count). The van der Waals surface area contributed by atoms with E-state index in [9.17, 15) is 10.1 Å². The van der Waals surface area contributed by atoms with Crippen LogP contribution in [0.4, 0.5) is 11.4 Å². The number of hydrogen-bond acceptors (Lipinski definition) is 5. The van der Waals surface area contributed by atoms with Crippen molar-refractivity contribution in [1.82, 2.24) is 0 Å². The van der Waals surface area contributed by atoms with E-state index in [2.05, 4.69) is 5.32 Å². The number of nitro benzene ring substituents is 1. The third-order valence-corrected chi connectivity index (χ3v) is 5.48. The van der Waals surface area contributed by atoms with Gasteiger partial charge < -0.3 is 14.8 Å². The number of ether oxygens (including phenoxy) is 2. The second kappa shape index (κ2) is 10.9. The van der Waals surface area contributed by atoms with Crippen LogP contribution in [0, 0.1) is 10.1 Å². The molecule has 0 atom stereocenters. The zero-order valence-corrected chi connectivity index (χ0v) is 19.4. The number of anilines is 1. The lowest BCUT2D eigenvalue weighted by Gasteiger charge is -2.13. The van der Waals surface area contributed by atoms with Gasteiger partial charge >= 0.3 is 0 Å². The molecule has 4 aromatic rings. The van der Waals surface area contributed by atoms with E-state index >= 15 is 0 Å². The van der Waals surface area contributed by atoms with Gasteiger partial charge in [-0.05, 0) is 71.8 Å². The molecule has 0 heterocycles. The Morgan fingerprint density at radius 1 is 0.794 bits per heavy atom. The molecule has 172 valence electrons. The Kier molecular flexibility index (Phi) is 7.52. The average molecular weight is 495 g/mol. The highest BCUT2D eigenvalue weighted by molar-refractivity contribution is 6.37. The maximum absolute atomic E-state index is 10.8. The van der Waals surface area contributed by atoms with Crippen LogP contribution in [0.25, 0.3) is 0 Å². The number of non-ortho nitro benzene ring substituents is 1. The average Bonchev–Trinajstić information content (AvgIpc) is 2.84. The lowest BCUT2D eigenvalue weighted by atomic mass is 10.2. The van der Waals surface area contributed by atoms with Crippen molar-refractivity contribution in [2.45, 2.75) is 13.2 Å². The molecule has 6 nitrogen and oxygen atoms in total. The molecule has 0 unspecified atom stereocenters. The van der Waals surface area contributed by atoms with E-state index < -0.39 is 4.92 Å². The van der Waals surface area contributed by atoms with Crippen LogP contribution < -0.4 is 14.8 Å². The molecule has 0 saturated heterocycles. The molecule has 34 heavy (non-hydrogen) atoms. The summed E-state index contributed by atoms with van der Waals surface area (Å²) < 4.78 is 11.6. The van der Waals surface area contributed by atoms with Crippen LogP contribution in [0.3, 0.4) is 0 Å². The largest absolute Gasteiger partial charge is 0.486 e. The second-order valence-electron chi connectivity index (χ2n) is 7.39. The van der Waals surface area contributed by atoms with Gasteiger partial charge in [-0.2, -0.15) is 0 Å². The lowest BCUT2D eigenvalue weighted by Crippen LogP contribution is -2.01. The van der Waals surface area contributed by atoms with Gasteiger partial charge in [-0.1, -0.05) is 41.4 Å². The first-order valence-corrected chi connectivity index (χ1v) is 11.1. The van der Waals surface area contributed by atoms with E-state index in [0.29, 0.717) is 22.3 Å². The lowest BCUT2D eigenvalue weighted by molar-refractivity contribution is -0.384. The summed E-state index contributed by atoms with van der Waals surface area (Å²) in [6.45, 7) is 0.702. The summed E-state index contributed by atoms with van der Waals surface area (Å²) in [6.07, 6.45) is 0. The van der Waals surface area contributed by atoms with E-state index in [-0.39, 0.29) is 12.3 Å². The predicted octanol–water partition coefficient (Wildman–Crippen LogP) is 7.89. The highest BCUT2D eigenvalue weighted by Gasteiger charge is 2.11. The van der Waals surface area contributed by atoms with E-state index in [1.165, 1.54) is 12.1 Å². The number of rotatable bonds is 9. The Bertz CT molecular complexity index is 1240. The number of benzene rings is 4. The molecular weight excluding hydrogens is 475 g/mol. The van der Waals surface area contributed by atoms with Crippen LogP contribution in [0.2, 0.25) is 10.0 Å². The van der Waals surface area contributed by atoms with Crippen molar-refractivity contribution >= 4 is 34.6 Å². The zero-order valence-electron chi connectivity index (χ0n) is 17.9. The van der Waals surface area contributed by atoms with E-state index in [4.69, 9.17) is 32.7 Å². The first kappa shape index (κ1) is 23.4. The highest BCUT2D eigenvalue weighted by Crippen LogP contribution is 2.35. The standard InChI is InChI=1S/C26H20Cl2N2O4/c27-24-14-19(15-25(28)26(24)33-17-18-6-10-21(11-7-18)30(31)32)16-29-20-8-12-23(13-9-20)34-22-4-2-1-3-5-22/h1-15,29H,16-17H2. The van der Waals surface area contributed by atoms with Crippen molar-refractivity contribution in [2.24, 2.45) is 0 Å². The fourth-order valence-corrected chi connectivity index (χ4v) is 3.83. The fraction of sp³-hybridized carbons (Fsp3) is 0.0769. The van der Waals surface area contributed by atoms with E-state index in [1.54, 1.807) is 24.3 Å². The summed E-state index contributed by atoms with van der Waals surface area (Å²) in [7, 11) is 0. The first-order valence-electron chi connectivity index (χ1n) is 10.4. The minimum Gasteiger partial charge on any atom is -0.486 e. The van der Waals surface area contributed by atoms with E-state index in [0.717, 1.165) is 28.3 Å².